The first-order valence-electron chi connectivity index (χ1n) is 9.80. The molecule has 1 aromatic carbocycles. The molecule has 144 valence electrons. The van der Waals surface area contributed by atoms with Crippen molar-refractivity contribution in [1.82, 2.24) is 0 Å². The van der Waals surface area contributed by atoms with E-state index in [2.05, 4.69) is 36.5 Å². The van der Waals surface area contributed by atoms with Gasteiger partial charge >= 0.3 is 5.97 Å². The summed E-state index contributed by atoms with van der Waals surface area (Å²) in [6, 6.07) is 10.5. The van der Waals surface area contributed by atoms with Gasteiger partial charge in [0, 0.05) is 11.3 Å². The SMILES string of the molecule is CCCCC(=O)Nc1sc2c(c1C(=O)OCC)CC[C@@H](c1ccccc1)C2. The highest BCUT2D eigenvalue weighted by Gasteiger charge is 2.30. The Balaban J connectivity index is 1.87. The molecule has 1 atom stereocenters. The van der Waals surface area contributed by atoms with E-state index in [1.807, 2.05) is 13.0 Å². The molecule has 5 heteroatoms. The molecule has 0 saturated carbocycles. The second-order valence-corrected chi connectivity index (χ2v) is 8.04. The maximum absolute atomic E-state index is 12.6. The maximum atomic E-state index is 12.6. The van der Waals surface area contributed by atoms with E-state index in [1.165, 1.54) is 10.4 Å². The molecule has 0 aliphatic heterocycles. The van der Waals surface area contributed by atoms with Crippen LogP contribution in [0.25, 0.3) is 0 Å². The van der Waals surface area contributed by atoms with E-state index in [0.717, 1.165) is 37.7 Å². The molecular weight excluding hydrogens is 358 g/mol. The third kappa shape index (κ3) is 4.59. The molecule has 27 heavy (non-hydrogen) atoms. The maximum Gasteiger partial charge on any atom is 0.341 e. The fourth-order valence-electron chi connectivity index (χ4n) is 3.63. The van der Waals surface area contributed by atoms with Crippen LogP contribution < -0.4 is 5.32 Å². The average Bonchev–Trinajstić information content (AvgIpc) is 3.04. The average molecular weight is 386 g/mol. The topological polar surface area (TPSA) is 55.4 Å². The molecule has 1 heterocycles. The number of thiophene rings is 1. The Kier molecular flexibility index (Phi) is 6.67. The molecule has 1 aliphatic carbocycles. The van der Waals surface area contributed by atoms with Crippen molar-refractivity contribution in [3.8, 4) is 0 Å². The number of carbonyl (C=O) groups excluding carboxylic acids is 2. The molecule has 0 spiro atoms. The summed E-state index contributed by atoms with van der Waals surface area (Å²) in [7, 11) is 0. The number of anilines is 1. The third-order valence-corrected chi connectivity index (χ3v) is 6.20. The van der Waals surface area contributed by atoms with Crippen molar-refractivity contribution in [2.75, 3.05) is 11.9 Å². The van der Waals surface area contributed by atoms with E-state index < -0.39 is 0 Å². The van der Waals surface area contributed by atoms with Crippen LogP contribution in [0.3, 0.4) is 0 Å². The van der Waals surface area contributed by atoms with Gasteiger partial charge in [-0.05, 0) is 49.7 Å². The Morgan fingerprint density at radius 2 is 2.00 bits per heavy atom. The molecule has 1 N–H and O–H groups in total. The van der Waals surface area contributed by atoms with E-state index in [-0.39, 0.29) is 11.9 Å². The fraction of sp³-hybridized carbons (Fsp3) is 0.455. The third-order valence-electron chi connectivity index (χ3n) is 5.03. The Labute approximate surface area is 164 Å². The molecule has 0 saturated heterocycles. The van der Waals surface area contributed by atoms with Crippen LogP contribution in [-0.4, -0.2) is 18.5 Å². The minimum absolute atomic E-state index is 0.0272. The van der Waals surface area contributed by atoms with Gasteiger partial charge in [-0.2, -0.15) is 0 Å². The van der Waals surface area contributed by atoms with Gasteiger partial charge in [-0.15, -0.1) is 11.3 Å². The Morgan fingerprint density at radius 1 is 1.22 bits per heavy atom. The minimum atomic E-state index is -0.320. The molecule has 1 aliphatic rings. The largest absolute Gasteiger partial charge is 0.462 e. The molecule has 1 aromatic heterocycles. The molecule has 0 radical (unpaired) electrons. The number of nitrogens with one attached hydrogen (secondary N) is 1. The predicted octanol–water partition coefficient (Wildman–Crippen LogP) is 5.33. The van der Waals surface area contributed by atoms with Gasteiger partial charge in [-0.25, -0.2) is 4.79 Å². The highest BCUT2D eigenvalue weighted by molar-refractivity contribution is 7.17. The number of benzene rings is 1. The van der Waals surface area contributed by atoms with E-state index >= 15 is 0 Å². The number of fused-ring (bicyclic) bond motifs is 1. The summed E-state index contributed by atoms with van der Waals surface area (Å²) in [4.78, 5) is 26.0. The van der Waals surface area contributed by atoms with Crippen molar-refractivity contribution in [3.05, 3.63) is 51.9 Å². The summed E-state index contributed by atoms with van der Waals surface area (Å²) in [5.41, 5.74) is 2.98. The van der Waals surface area contributed by atoms with Crippen molar-refractivity contribution < 1.29 is 14.3 Å². The lowest BCUT2D eigenvalue weighted by Gasteiger charge is -2.23. The van der Waals surface area contributed by atoms with Crippen molar-refractivity contribution in [2.24, 2.45) is 0 Å². The molecule has 0 bridgehead atoms. The van der Waals surface area contributed by atoms with Gasteiger partial charge in [-0.3, -0.25) is 4.79 Å². The molecule has 0 unspecified atom stereocenters. The zero-order valence-electron chi connectivity index (χ0n) is 16.0. The molecule has 3 rings (SSSR count). The summed E-state index contributed by atoms with van der Waals surface area (Å²) >= 11 is 1.54. The van der Waals surface area contributed by atoms with Crippen LogP contribution in [0.2, 0.25) is 0 Å². The standard InChI is InChI=1S/C22H27NO3S/c1-3-5-11-19(24)23-21-20(22(25)26-4-2)17-13-12-16(14-18(17)27-21)15-9-7-6-8-10-15/h6-10,16H,3-5,11-14H2,1-2H3,(H,23,24)/t16-/m1/s1. The summed E-state index contributed by atoms with van der Waals surface area (Å²) in [6.45, 7) is 4.20. The van der Waals surface area contributed by atoms with Crippen LogP contribution in [-0.2, 0) is 22.4 Å². The van der Waals surface area contributed by atoms with Crippen LogP contribution >= 0.6 is 11.3 Å². The van der Waals surface area contributed by atoms with Gasteiger partial charge in [0.2, 0.25) is 5.91 Å². The first-order valence-corrected chi connectivity index (χ1v) is 10.6. The van der Waals surface area contributed by atoms with Crippen molar-refractivity contribution in [1.29, 1.82) is 0 Å². The van der Waals surface area contributed by atoms with E-state index in [4.69, 9.17) is 4.74 Å². The first-order chi connectivity index (χ1) is 13.1. The smallest absolute Gasteiger partial charge is 0.341 e. The molecule has 1 amide bonds. The molecule has 2 aromatic rings. The summed E-state index contributed by atoms with van der Waals surface area (Å²) in [5.74, 6) is 0.107. The second-order valence-electron chi connectivity index (χ2n) is 6.93. The van der Waals surface area contributed by atoms with Crippen LogP contribution in [0.4, 0.5) is 5.00 Å². The van der Waals surface area contributed by atoms with Gasteiger partial charge in [0.05, 0.1) is 12.2 Å². The van der Waals surface area contributed by atoms with Crippen molar-refractivity contribution in [2.45, 2.75) is 58.3 Å². The van der Waals surface area contributed by atoms with Crippen LogP contribution in [0.1, 0.15) is 71.8 Å². The van der Waals surface area contributed by atoms with Crippen LogP contribution in [0, 0.1) is 0 Å². The van der Waals surface area contributed by atoms with E-state index in [9.17, 15) is 9.59 Å². The Morgan fingerprint density at radius 3 is 2.70 bits per heavy atom. The zero-order chi connectivity index (χ0) is 19.2. The first kappa shape index (κ1) is 19.6. The van der Waals surface area contributed by atoms with Crippen LogP contribution in [0.15, 0.2) is 30.3 Å². The lowest BCUT2D eigenvalue weighted by atomic mass is 9.83. The summed E-state index contributed by atoms with van der Waals surface area (Å²) < 4.78 is 5.28. The number of unbranched alkanes of at least 4 members (excludes halogenated alkanes) is 1. The monoisotopic (exact) mass is 385 g/mol. The molecular formula is C22H27NO3S. The van der Waals surface area contributed by atoms with Gasteiger partial charge < -0.3 is 10.1 Å². The summed E-state index contributed by atoms with van der Waals surface area (Å²) in [6.07, 6.45) is 5.04. The quantitative estimate of drug-likeness (QED) is 0.656. The number of amides is 1. The fourth-order valence-corrected chi connectivity index (χ4v) is 4.96. The van der Waals surface area contributed by atoms with E-state index in [1.54, 1.807) is 11.3 Å². The highest BCUT2D eigenvalue weighted by atomic mass is 32.1. The predicted molar refractivity (Wildman–Crippen MR) is 110 cm³/mol. The van der Waals surface area contributed by atoms with E-state index in [0.29, 0.717) is 29.5 Å². The van der Waals surface area contributed by atoms with Gasteiger partial charge in [0.25, 0.3) is 0 Å². The number of rotatable bonds is 7. The lowest BCUT2D eigenvalue weighted by molar-refractivity contribution is -0.116. The Hall–Kier alpha value is -2.14. The number of ether oxygens (including phenoxy) is 1. The number of hydrogen-bond donors (Lipinski definition) is 1. The van der Waals surface area contributed by atoms with Crippen molar-refractivity contribution >= 4 is 28.2 Å². The summed E-state index contributed by atoms with van der Waals surface area (Å²) in [5, 5.41) is 3.64. The highest BCUT2D eigenvalue weighted by Crippen LogP contribution is 2.42. The normalized spacial score (nSPS) is 15.9. The van der Waals surface area contributed by atoms with Crippen molar-refractivity contribution in [3.63, 3.8) is 0 Å². The molecule has 0 fully saturated rings. The van der Waals surface area contributed by atoms with Crippen LogP contribution in [0.5, 0.6) is 0 Å². The number of carbonyl (C=O) groups is 2. The number of esters is 1. The Bertz CT molecular complexity index is 797. The van der Waals surface area contributed by atoms with Gasteiger partial charge in [0.15, 0.2) is 0 Å². The second kappa shape index (κ2) is 9.18. The lowest BCUT2D eigenvalue weighted by Crippen LogP contribution is -2.16. The number of hydrogen-bond acceptors (Lipinski definition) is 4. The van der Waals surface area contributed by atoms with Gasteiger partial charge in [-0.1, -0.05) is 43.7 Å². The molecule has 4 nitrogen and oxygen atoms in total. The minimum Gasteiger partial charge on any atom is -0.462 e. The zero-order valence-corrected chi connectivity index (χ0v) is 16.9. The van der Waals surface area contributed by atoms with Gasteiger partial charge in [0.1, 0.15) is 5.00 Å².